The van der Waals surface area contributed by atoms with E-state index in [1.807, 2.05) is 38.1 Å². The summed E-state index contributed by atoms with van der Waals surface area (Å²) in [5.74, 6) is 0.813. The van der Waals surface area contributed by atoms with Crippen molar-refractivity contribution in [2.45, 2.75) is 13.8 Å². The highest BCUT2D eigenvalue weighted by Crippen LogP contribution is 2.18. The Kier molecular flexibility index (Phi) is 5.59. The smallest absolute Gasteiger partial charge is 0.319 e. The van der Waals surface area contributed by atoms with Crippen LogP contribution in [0.3, 0.4) is 0 Å². The maximum Gasteiger partial charge on any atom is 0.319 e. The molecular formula is C18H19N3O2. The first kappa shape index (κ1) is 16.4. The summed E-state index contributed by atoms with van der Waals surface area (Å²) >= 11 is 0. The number of nitriles is 1. The maximum absolute atomic E-state index is 11.8. The summed E-state index contributed by atoms with van der Waals surface area (Å²) in [5, 5.41) is 14.3. The van der Waals surface area contributed by atoms with E-state index in [0.717, 1.165) is 11.3 Å². The molecule has 118 valence electrons. The number of rotatable bonds is 5. The lowest BCUT2D eigenvalue weighted by atomic mass is 10.1. The summed E-state index contributed by atoms with van der Waals surface area (Å²) in [4.78, 5) is 11.8. The predicted molar refractivity (Wildman–Crippen MR) is 89.6 cm³/mol. The van der Waals surface area contributed by atoms with Crippen molar-refractivity contribution < 1.29 is 9.53 Å². The van der Waals surface area contributed by atoms with Crippen molar-refractivity contribution in [1.29, 1.82) is 5.26 Å². The summed E-state index contributed by atoms with van der Waals surface area (Å²) in [5.41, 5.74) is 3.16. The number of nitrogens with zero attached hydrogens (tertiary/aromatic N) is 1. The summed E-state index contributed by atoms with van der Waals surface area (Å²) in [6.07, 6.45) is 0. The number of benzene rings is 2. The minimum Gasteiger partial charge on any atom is -0.491 e. The second-order valence-electron chi connectivity index (χ2n) is 5.16. The number of hydrogen-bond donors (Lipinski definition) is 2. The maximum atomic E-state index is 11.8. The van der Waals surface area contributed by atoms with Gasteiger partial charge in [0, 0.05) is 0 Å². The number of urea groups is 1. The Labute approximate surface area is 135 Å². The molecule has 2 rings (SSSR count). The number of hydrogen-bond acceptors (Lipinski definition) is 3. The van der Waals surface area contributed by atoms with Crippen LogP contribution in [0.25, 0.3) is 0 Å². The van der Waals surface area contributed by atoms with E-state index in [1.54, 1.807) is 24.3 Å². The highest BCUT2D eigenvalue weighted by molar-refractivity contribution is 5.90. The average Bonchev–Trinajstić information content (AvgIpc) is 2.53. The number of para-hydroxylation sites is 1. The molecule has 0 atom stereocenters. The van der Waals surface area contributed by atoms with Crippen LogP contribution < -0.4 is 15.4 Å². The van der Waals surface area contributed by atoms with Gasteiger partial charge >= 0.3 is 6.03 Å². The summed E-state index contributed by atoms with van der Waals surface area (Å²) < 4.78 is 5.64. The Bertz CT molecular complexity index is 735. The Balaban J connectivity index is 1.78. The van der Waals surface area contributed by atoms with Crippen LogP contribution in [0.4, 0.5) is 10.5 Å². The third kappa shape index (κ3) is 4.75. The van der Waals surface area contributed by atoms with Crippen LogP contribution in [0.2, 0.25) is 0 Å². The lowest BCUT2D eigenvalue weighted by Gasteiger charge is -2.11. The van der Waals surface area contributed by atoms with Crippen molar-refractivity contribution in [1.82, 2.24) is 5.32 Å². The fraction of sp³-hybridized carbons (Fsp3) is 0.222. The predicted octanol–water partition coefficient (Wildman–Crippen LogP) is 3.38. The van der Waals surface area contributed by atoms with Gasteiger partial charge in [-0.05, 0) is 37.6 Å². The van der Waals surface area contributed by atoms with E-state index in [9.17, 15) is 4.79 Å². The summed E-state index contributed by atoms with van der Waals surface area (Å²) in [7, 11) is 0. The van der Waals surface area contributed by atoms with Gasteiger partial charge in [0.15, 0.2) is 0 Å². The second kappa shape index (κ2) is 7.85. The van der Waals surface area contributed by atoms with Gasteiger partial charge in [0.1, 0.15) is 18.4 Å². The van der Waals surface area contributed by atoms with Crippen LogP contribution in [-0.4, -0.2) is 19.2 Å². The van der Waals surface area contributed by atoms with Gasteiger partial charge < -0.3 is 15.4 Å². The van der Waals surface area contributed by atoms with Gasteiger partial charge in [0.25, 0.3) is 0 Å². The molecule has 0 fully saturated rings. The minimum atomic E-state index is -0.364. The topological polar surface area (TPSA) is 74.2 Å². The van der Waals surface area contributed by atoms with Gasteiger partial charge in [-0.25, -0.2) is 4.79 Å². The fourth-order valence-electron chi connectivity index (χ4n) is 2.14. The first-order chi connectivity index (χ1) is 11.1. The molecule has 2 aromatic carbocycles. The van der Waals surface area contributed by atoms with E-state index in [4.69, 9.17) is 10.00 Å². The molecule has 0 radical (unpaired) electrons. The van der Waals surface area contributed by atoms with E-state index < -0.39 is 0 Å². The van der Waals surface area contributed by atoms with E-state index >= 15 is 0 Å². The minimum absolute atomic E-state index is 0.364. The zero-order chi connectivity index (χ0) is 16.7. The van der Waals surface area contributed by atoms with Gasteiger partial charge in [0.2, 0.25) is 0 Å². The molecule has 0 heterocycles. The number of carbonyl (C=O) groups excluding carboxylic acids is 1. The second-order valence-corrected chi connectivity index (χ2v) is 5.16. The number of amides is 2. The third-order valence-electron chi connectivity index (χ3n) is 3.27. The van der Waals surface area contributed by atoms with Crippen LogP contribution in [-0.2, 0) is 0 Å². The monoisotopic (exact) mass is 309 g/mol. The van der Waals surface area contributed by atoms with E-state index in [2.05, 4.69) is 10.6 Å². The standard InChI is InChI=1S/C18H19N3O2/c1-13-7-8-17(14(2)11-13)23-10-9-20-18(22)21-16-6-4-3-5-15(16)12-19/h3-8,11H,9-10H2,1-2H3,(H2,20,21,22). The summed E-state index contributed by atoms with van der Waals surface area (Å²) in [6.45, 7) is 4.76. The van der Waals surface area contributed by atoms with Crippen LogP contribution in [0, 0.1) is 25.2 Å². The number of carbonyl (C=O) groups is 1. The Morgan fingerprint density at radius 2 is 2.00 bits per heavy atom. The van der Waals surface area contributed by atoms with E-state index in [-0.39, 0.29) is 6.03 Å². The number of aryl methyl sites for hydroxylation is 2. The Hall–Kier alpha value is -3.00. The molecule has 2 amide bonds. The first-order valence-electron chi connectivity index (χ1n) is 7.34. The molecule has 5 nitrogen and oxygen atoms in total. The molecule has 0 aliphatic heterocycles. The molecule has 23 heavy (non-hydrogen) atoms. The molecule has 0 aliphatic carbocycles. The first-order valence-corrected chi connectivity index (χ1v) is 7.34. The molecule has 0 saturated carbocycles. The van der Waals surface area contributed by atoms with Gasteiger partial charge in [0.05, 0.1) is 17.8 Å². The van der Waals surface area contributed by atoms with Gasteiger partial charge in [-0.2, -0.15) is 5.26 Å². The van der Waals surface area contributed by atoms with Gasteiger partial charge in [-0.15, -0.1) is 0 Å². The quantitative estimate of drug-likeness (QED) is 0.832. The van der Waals surface area contributed by atoms with E-state index in [0.29, 0.717) is 24.4 Å². The summed E-state index contributed by atoms with van der Waals surface area (Å²) in [6, 6.07) is 14.5. The molecule has 0 saturated heterocycles. The highest BCUT2D eigenvalue weighted by Gasteiger charge is 2.05. The van der Waals surface area contributed by atoms with Crippen molar-refractivity contribution in [2.75, 3.05) is 18.5 Å². The van der Waals surface area contributed by atoms with Gasteiger partial charge in [-0.1, -0.05) is 29.8 Å². The number of nitrogens with one attached hydrogen (secondary N) is 2. The Morgan fingerprint density at radius 1 is 1.22 bits per heavy atom. The van der Waals surface area contributed by atoms with Crippen molar-refractivity contribution in [3.63, 3.8) is 0 Å². The van der Waals surface area contributed by atoms with Crippen molar-refractivity contribution in [3.05, 3.63) is 59.2 Å². The van der Waals surface area contributed by atoms with Crippen LogP contribution in [0.15, 0.2) is 42.5 Å². The van der Waals surface area contributed by atoms with Crippen molar-refractivity contribution in [2.24, 2.45) is 0 Å². The highest BCUT2D eigenvalue weighted by atomic mass is 16.5. The third-order valence-corrected chi connectivity index (χ3v) is 3.27. The molecule has 0 bridgehead atoms. The molecule has 5 heteroatoms. The molecule has 2 N–H and O–H groups in total. The Morgan fingerprint density at radius 3 is 2.74 bits per heavy atom. The molecule has 2 aromatic rings. The molecule has 0 unspecified atom stereocenters. The van der Waals surface area contributed by atoms with E-state index in [1.165, 1.54) is 5.56 Å². The zero-order valence-electron chi connectivity index (χ0n) is 13.2. The van der Waals surface area contributed by atoms with Gasteiger partial charge in [-0.3, -0.25) is 0 Å². The SMILES string of the molecule is Cc1ccc(OCCNC(=O)Nc2ccccc2C#N)c(C)c1. The molecular weight excluding hydrogens is 290 g/mol. The lowest BCUT2D eigenvalue weighted by Crippen LogP contribution is -2.32. The fourth-order valence-corrected chi connectivity index (χ4v) is 2.14. The molecule has 0 spiro atoms. The number of ether oxygens (including phenoxy) is 1. The van der Waals surface area contributed by atoms with Crippen molar-refractivity contribution in [3.8, 4) is 11.8 Å². The number of anilines is 1. The molecule has 0 aromatic heterocycles. The van der Waals surface area contributed by atoms with Crippen LogP contribution in [0.5, 0.6) is 5.75 Å². The van der Waals surface area contributed by atoms with Crippen LogP contribution in [0.1, 0.15) is 16.7 Å². The van der Waals surface area contributed by atoms with Crippen molar-refractivity contribution >= 4 is 11.7 Å². The largest absolute Gasteiger partial charge is 0.491 e. The van der Waals surface area contributed by atoms with Crippen LogP contribution >= 0.6 is 0 Å². The lowest BCUT2D eigenvalue weighted by molar-refractivity contribution is 0.247. The normalized spacial score (nSPS) is 9.78. The molecule has 0 aliphatic rings. The average molecular weight is 309 g/mol. The zero-order valence-corrected chi connectivity index (χ0v) is 13.2.